The lowest BCUT2D eigenvalue weighted by molar-refractivity contribution is -0.132. The van der Waals surface area contributed by atoms with E-state index < -0.39 is 5.97 Å². The number of halogens is 1. The van der Waals surface area contributed by atoms with E-state index in [1.54, 1.807) is 0 Å². The van der Waals surface area contributed by atoms with E-state index in [4.69, 9.17) is 5.11 Å². The Kier molecular flexibility index (Phi) is 3.36. The molecule has 80 valence electrons. The number of aliphatic carboxylic acids is 1. The molecule has 0 aliphatic heterocycles. The smallest absolute Gasteiger partial charge is 0.331 e. The van der Waals surface area contributed by atoms with Crippen molar-refractivity contribution in [2.75, 3.05) is 0 Å². The molecule has 0 unspecified atom stereocenters. The number of carboxylic acids is 1. The second kappa shape index (κ2) is 4.35. The van der Waals surface area contributed by atoms with Crippen molar-refractivity contribution in [2.24, 2.45) is 0 Å². The minimum atomic E-state index is -1.03. The van der Waals surface area contributed by atoms with E-state index in [-0.39, 0.29) is 17.1 Å². The first-order chi connectivity index (χ1) is 6.91. The molecule has 1 aromatic carbocycles. The number of phenolic OH excluding ortho intramolecular Hbond substituents is 2. The average Bonchev–Trinajstić information content (AvgIpc) is 2.13. The molecule has 0 aliphatic rings. The number of phenols is 2. The van der Waals surface area contributed by atoms with Gasteiger partial charge in [0.25, 0.3) is 0 Å². The Morgan fingerprint density at radius 3 is 2.47 bits per heavy atom. The molecule has 0 aromatic heterocycles. The lowest BCUT2D eigenvalue weighted by atomic mass is 10.1. The topological polar surface area (TPSA) is 77.8 Å². The number of benzene rings is 1. The highest BCUT2D eigenvalue weighted by molar-refractivity contribution is 9.10. The Hall–Kier alpha value is -1.49. The molecular weight excluding hydrogens is 264 g/mol. The van der Waals surface area contributed by atoms with Gasteiger partial charge in [-0.25, -0.2) is 4.79 Å². The molecule has 3 N–H and O–H groups in total. The van der Waals surface area contributed by atoms with Crippen LogP contribution in [0.4, 0.5) is 0 Å². The maximum atomic E-state index is 10.5. The Bertz CT molecular complexity index is 414. The van der Waals surface area contributed by atoms with E-state index in [1.807, 2.05) is 0 Å². The maximum Gasteiger partial charge on any atom is 0.331 e. The summed E-state index contributed by atoms with van der Waals surface area (Å²) in [5.74, 6) is -1.59. The van der Waals surface area contributed by atoms with Gasteiger partial charge in [-0.15, -0.1) is 0 Å². The molecule has 0 spiro atoms. The Labute approximate surface area is 94.6 Å². The molecule has 15 heavy (non-hydrogen) atoms. The molecule has 0 saturated heterocycles. The second-order valence-corrected chi connectivity index (χ2v) is 3.86. The number of carboxylic acid groups (broad SMARTS) is 1. The molecule has 0 bridgehead atoms. The highest BCUT2D eigenvalue weighted by Gasteiger charge is 2.07. The van der Waals surface area contributed by atoms with Crippen molar-refractivity contribution < 1.29 is 20.1 Å². The summed E-state index contributed by atoms with van der Waals surface area (Å²) in [6.07, 6.45) is 1.40. The minimum Gasteiger partial charge on any atom is -0.504 e. The van der Waals surface area contributed by atoms with Gasteiger partial charge in [0.05, 0.1) is 4.47 Å². The summed E-state index contributed by atoms with van der Waals surface area (Å²) in [5.41, 5.74) is 0.643. The van der Waals surface area contributed by atoms with Gasteiger partial charge in [-0.2, -0.15) is 0 Å². The molecule has 0 amide bonds. The van der Waals surface area contributed by atoms with E-state index in [9.17, 15) is 15.0 Å². The van der Waals surface area contributed by atoms with Gasteiger partial charge < -0.3 is 15.3 Å². The molecule has 0 atom stereocenters. The third-order valence-electron chi connectivity index (χ3n) is 1.79. The zero-order valence-electron chi connectivity index (χ0n) is 7.86. The first kappa shape index (κ1) is 11.6. The lowest BCUT2D eigenvalue weighted by Gasteiger charge is -2.02. The van der Waals surface area contributed by atoms with Crippen LogP contribution in [0.15, 0.2) is 22.2 Å². The summed E-state index contributed by atoms with van der Waals surface area (Å²) in [4.78, 5) is 10.5. The van der Waals surface area contributed by atoms with Gasteiger partial charge in [-0.1, -0.05) is 0 Å². The molecule has 0 saturated carbocycles. The van der Waals surface area contributed by atoms with Crippen LogP contribution in [-0.2, 0) is 4.79 Å². The van der Waals surface area contributed by atoms with Gasteiger partial charge in [-0.05, 0) is 46.6 Å². The van der Waals surface area contributed by atoms with Crippen LogP contribution in [0.3, 0.4) is 0 Å². The number of carbonyl (C=O) groups is 1. The van der Waals surface area contributed by atoms with E-state index in [0.717, 1.165) is 0 Å². The summed E-state index contributed by atoms with van der Waals surface area (Å²) in [7, 11) is 0. The molecule has 4 nitrogen and oxygen atoms in total. The molecule has 0 radical (unpaired) electrons. The average molecular weight is 273 g/mol. The third kappa shape index (κ3) is 2.73. The van der Waals surface area contributed by atoms with Gasteiger partial charge in [-0.3, -0.25) is 0 Å². The van der Waals surface area contributed by atoms with Gasteiger partial charge in [0.15, 0.2) is 11.5 Å². The monoisotopic (exact) mass is 272 g/mol. The van der Waals surface area contributed by atoms with Crippen LogP contribution in [0.1, 0.15) is 12.5 Å². The zero-order chi connectivity index (χ0) is 11.6. The van der Waals surface area contributed by atoms with Crippen molar-refractivity contribution in [3.05, 3.63) is 27.7 Å². The highest BCUT2D eigenvalue weighted by Crippen LogP contribution is 2.34. The van der Waals surface area contributed by atoms with Crippen LogP contribution in [0.2, 0.25) is 0 Å². The first-order valence-electron chi connectivity index (χ1n) is 4.05. The largest absolute Gasteiger partial charge is 0.504 e. The van der Waals surface area contributed by atoms with Crippen molar-refractivity contribution in [1.29, 1.82) is 0 Å². The van der Waals surface area contributed by atoms with Crippen LogP contribution in [-0.4, -0.2) is 21.3 Å². The SMILES string of the molecule is C/C(=C\c1cc(O)c(O)c(Br)c1)C(=O)O. The van der Waals surface area contributed by atoms with Crippen molar-refractivity contribution in [1.82, 2.24) is 0 Å². The summed E-state index contributed by atoms with van der Waals surface area (Å²) in [6, 6.07) is 2.80. The number of hydrogen-bond acceptors (Lipinski definition) is 3. The van der Waals surface area contributed by atoms with Crippen LogP contribution in [0.5, 0.6) is 11.5 Å². The van der Waals surface area contributed by atoms with E-state index >= 15 is 0 Å². The van der Waals surface area contributed by atoms with E-state index in [1.165, 1.54) is 25.1 Å². The van der Waals surface area contributed by atoms with Crippen LogP contribution in [0, 0.1) is 0 Å². The summed E-state index contributed by atoms with van der Waals surface area (Å²) in [5, 5.41) is 27.2. The predicted octanol–water partition coefficient (Wildman–Crippen LogP) is 2.35. The standard InChI is InChI=1S/C10H9BrO4/c1-5(10(14)15)2-6-3-7(11)9(13)8(12)4-6/h2-4,12-13H,1H3,(H,14,15)/b5-2+. The summed E-state index contributed by atoms with van der Waals surface area (Å²) < 4.78 is 0.312. The van der Waals surface area contributed by atoms with Gasteiger partial charge in [0, 0.05) is 5.57 Å². The fourth-order valence-electron chi connectivity index (χ4n) is 1.00. The fraction of sp³-hybridized carbons (Fsp3) is 0.100. The predicted molar refractivity (Wildman–Crippen MR) is 58.8 cm³/mol. The fourth-order valence-corrected chi connectivity index (χ4v) is 1.47. The molecule has 5 heteroatoms. The molecule has 0 aliphatic carbocycles. The van der Waals surface area contributed by atoms with Crippen molar-refractivity contribution in [2.45, 2.75) is 6.92 Å². The molecular formula is C10H9BrO4. The Balaban J connectivity index is 3.18. The number of aromatic hydroxyl groups is 2. The van der Waals surface area contributed by atoms with Gasteiger partial charge in [0.1, 0.15) is 0 Å². The molecule has 0 heterocycles. The van der Waals surface area contributed by atoms with E-state index in [2.05, 4.69) is 15.9 Å². The van der Waals surface area contributed by atoms with Crippen LogP contribution < -0.4 is 0 Å². The maximum absolute atomic E-state index is 10.5. The number of rotatable bonds is 2. The Morgan fingerprint density at radius 2 is 2.00 bits per heavy atom. The first-order valence-corrected chi connectivity index (χ1v) is 4.84. The molecule has 0 fully saturated rings. The van der Waals surface area contributed by atoms with E-state index in [0.29, 0.717) is 10.0 Å². The highest BCUT2D eigenvalue weighted by atomic mass is 79.9. The molecule has 1 aromatic rings. The lowest BCUT2D eigenvalue weighted by Crippen LogP contribution is -1.95. The third-order valence-corrected chi connectivity index (χ3v) is 2.39. The molecule has 1 rings (SSSR count). The van der Waals surface area contributed by atoms with Crippen molar-refractivity contribution in [3.8, 4) is 11.5 Å². The summed E-state index contributed by atoms with van der Waals surface area (Å²) in [6.45, 7) is 1.44. The van der Waals surface area contributed by atoms with Crippen LogP contribution >= 0.6 is 15.9 Å². The number of hydrogen-bond donors (Lipinski definition) is 3. The van der Waals surface area contributed by atoms with Gasteiger partial charge in [0.2, 0.25) is 0 Å². The normalized spacial score (nSPS) is 11.5. The zero-order valence-corrected chi connectivity index (χ0v) is 9.45. The minimum absolute atomic E-state index is 0.145. The Morgan fingerprint density at radius 1 is 1.40 bits per heavy atom. The summed E-state index contributed by atoms with van der Waals surface area (Å²) >= 11 is 3.04. The second-order valence-electron chi connectivity index (χ2n) is 3.00. The quantitative estimate of drug-likeness (QED) is 0.571. The van der Waals surface area contributed by atoms with Crippen molar-refractivity contribution >= 4 is 28.0 Å². The van der Waals surface area contributed by atoms with Crippen molar-refractivity contribution in [3.63, 3.8) is 0 Å². The van der Waals surface area contributed by atoms with Crippen LogP contribution in [0.25, 0.3) is 6.08 Å². The van der Waals surface area contributed by atoms with Gasteiger partial charge >= 0.3 is 5.97 Å².